The van der Waals surface area contributed by atoms with Gasteiger partial charge in [-0.2, -0.15) is 0 Å². The molecule has 0 heterocycles. The molecule has 1 aromatic carbocycles. The van der Waals surface area contributed by atoms with Gasteiger partial charge in [0.1, 0.15) is 11.6 Å². The number of carbonyl (C=O) groups excluding carboxylic acids is 2. The summed E-state index contributed by atoms with van der Waals surface area (Å²) in [7, 11) is 0. The highest BCUT2D eigenvalue weighted by atomic mass is 19.1. The summed E-state index contributed by atoms with van der Waals surface area (Å²) in [4.78, 5) is 23.6. The lowest BCUT2D eigenvalue weighted by atomic mass is 10.0. The van der Waals surface area contributed by atoms with E-state index in [4.69, 9.17) is 4.74 Å². The van der Waals surface area contributed by atoms with E-state index in [1.165, 1.54) is 49.9 Å². The van der Waals surface area contributed by atoms with Gasteiger partial charge in [0.2, 0.25) is 5.91 Å². The van der Waals surface area contributed by atoms with E-state index in [1.807, 2.05) is 0 Å². The number of carbonyl (C=O) groups is 2. The van der Waals surface area contributed by atoms with E-state index in [2.05, 4.69) is 10.9 Å². The highest BCUT2D eigenvalue weighted by Crippen LogP contribution is 2.28. The molecular weight excluding hydrogens is 299 g/mol. The van der Waals surface area contributed by atoms with Crippen molar-refractivity contribution in [2.24, 2.45) is 5.92 Å². The van der Waals surface area contributed by atoms with Crippen molar-refractivity contribution < 1.29 is 18.7 Å². The lowest BCUT2D eigenvalue weighted by Gasteiger charge is -2.15. The number of amides is 2. The monoisotopic (exact) mass is 322 g/mol. The van der Waals surface area contributed by atoms with Gasteiger partial charge >= 0.3 is 0 Å². The summed E-state index contributed by atoms with van der Waals surface area (Å²) in [6.07, 6.45) is 5.38. The molecule has 23 heavy (non-hydrogen) atoms. The molecule has 1 saturated carbocycles. The number of hydrogen-bond donors (Lipinski definition) is 2. The summed E-state index contributed by atoms with van der Waals surface area (Å²) < 4.78 is 18.2. The molecule has 2 amide bonds. The molecular formula is C17H23FN2O3. The molecule has 0 saturated heterocycles. The van der Waals surface area contributed by atoms with Crippen LogP contribution in [0.15, 0.2) is 24.3 Å². The second kappa shape index (κ2) is 8.50. The maximum absolute atomic E-state index is 12.8. The van der Waals surface area contributed by atoms with Crippen molar-refractivity contribution in [3.05, 3.63) is 30.1 Å². The number of rotatable bonds is 6. The molecule has 1 atom stereocenters. The topological polar surface area (TPSA) is 67.4 Å². The molecule has 5 nitrogen and oxygen atoms in total. The second-order valence-electron chi connectivity index (χ2n) is 5.94. The van der Waals surface area contributed by atoms with Crippen LogP contribution in [-0.2, 0) is 9.59 Å². The first-order valence-corrected chi connectivity index (χ1v) is 8.05. The van der Waals surface area contributed by atoms with Gasteiger partial charge in [0, 0.05) is 6.42 Å². The summed E-state index contributed by atoms with van der Waals surface area (Å²) in [6, 6.07) is 5.40. The third-order valence-corrected chi connectivity index (χ3v) is 4.08. The van der Waals surface area contributed by atoms with E-state index >= 15 is 0 Å². The highest BCUT2D eigenvalue weighted by molar-refractivity contribution is 5.84. The quantitative estimate of drug-likeness (QED) is 0.791. The van der Waals surface area contributed by atoms with Gasteiger partial charge in [-0.15, -0.1) is 0 Å². The first-order chi connectivity index (χ1) is 11.0. The van der Waals surface area contributed by atoms with Crippen LogP contribution in [0.25, 0.3) is 0 Å². The number of hydrogen-bond acceptors (Lipinski definition) is 3. The maximum atomic E-state index is 12.8. The largest absolute Gasteiger partial charge is 0.481 e. The minimum absolute atomic E-state index is 0.195. The summed E-state index contributed by atoms with van der Waals surface area (Å²) in [5.41, 5.74) is 4.76. The van der Waals surface area contributed by atoms with E-state index in [9.17, 15) is 14.0 Å². The van der Waals surface area contributed by atoms with Crippen LogP contribution >= 0.6 is 0 Å². The van der Waals surface area contributed by atoms with Crippen LogP contribution in [-0.4, -0.2) is 17.9 Å². The van der Waals surface area contributed by atoms with E-state index in [-0.39, 0.29) is 11.7 Å². The number of benzene rings is 1. The Kier molecular flexibility index (Phi) is 6.38. The van der Waals surface area contributed by atoms with Crippen molar-refractivity contribution in [1.29, 1.82) is 0 Å². The summed E-state index contributed by atoms with van der Waals surface area (Å²) in [6.45, 7) is 1.56. The minimum atomic E-state index is -0.796. The Morgan fingerprint density at radius 2 is 1.87 bits per heavy atom. The van der Waals surface area contributed by atoms with Gasteiger partial charge in [0.05, 0.1) is 0 Å². The third-order valence-electron chi connectivity index (χ3n) is 4.08. The predicted molar refractivity (Wildman–Crippen MR) is 84.0 cm³/mol. The van der Waals surface area contributed by atoms with Crippen molar-refractivity contribution in [3.63, 3.8) is 0 Å². The number of hydrazine groups is 1. The Bertz CT molecular complexity index is 527. The average Bonchev–Trinajstić information content (AvgIpc) is 3.06. The predicted octanol–water partition coefficient (Wildman–Crippen LogP) is 2.71. The van der Waals surface area contributed by atoms with Crippen LogP contribution in [0, 0.1) is 11.7 Å². The number of nitrogens with one attached hydrogen (secondary N) is 2. The SMILES string of the molecule is C[C@H](Oc1ccc(F)cc1)C(=O)NNC(=O)CCC1CCCC1. The van der Waals surface area contributed by atoms with Crippen molar-refractivity contribution >= 4 is 11.8 Å². The minimum Gasteiger partial charge on any atom is -0.481 e. The Hall–Kier alpha value is -2.11. The molecule has 0 aromatic heterocycles. The molecule has 0 aliphatic heterocycles. The fraction of sp³-hybridized carbons (Fsp3) is 0.529. The van der Waals surface area contributed by atoms with Crippen molar-refractivity contribution in [1.82, 2.24) is 10.9 Å². The zero-order chi connectivity index (χ0) is 16.7. The van der Waals surface area contributed by atoms with E-state index < -0.39 is 12.0 Å². The van der Waals surface area contributed by atoms with Gasteiger partial charge < -0.3 is 4.74 Å². The van der Waals surface area contributed by atoms with Crippen LogP contribution < -0.4 is 15.6 Å². The van der Waals surface area contributed by atoms with Crippen molar-refractivity contribution in [3.8, 4) is 5.75 Å². The second-order valence-corrected chi connectivity index (χ2v) is 5.94. The lowest BCUT2D eigenvalue weighted by Crippen LogP contribution is -2.47. The van der Waals surface area contributed by atoms with Gasteiger partial charge in [-0.25, -0.2) is 4.39 Å². The standard InChI is InChI=1S/C17H23FN2O3/c1-12(23-15-9-7-14(18)8-10-15)17(22)20-19-16(21)11-6-13-4-2-3-5-13/h7-10,12-13H,2-6,11H2,1H3,(H,19,21)(H,20,22)/t12-/m0/s1. The molecule has 0 radical (unpaired) electrons. The summed E-state index contributed by atoms with van der Waals surface area (Å²) >= 11 is 0. The number of ether oxygens (including phenoxy) is 1. The first-order valence-electron chi connectivity index (χ1n) is 8.05. The molecule has 6 heteroatoms. The molecule has 2 rings (SSSR count). The molecule has 0 spiro atoms. The molecule has 2 N–H and O–H groups in total. The fourth-order valence-electron chi connectivity index (χ4n) is 2.70. The molecule has 1 aliphatic rings. The Balaban J connectivity index is 1.66. The highest BCUT2D eigenvalue weighted by Gasteiger charge is 2.18. The number of halogens is 1. The van der Waals surface area contributed by atoms with Gasteiger partial charge in [-0.05, 0) is 43.5 Å². The Morgan fingerprint density at radius 1 is 1.22 bits per heavy atom. The zero-order valence-electron chi connectivity index (χ0n) is 13.3. The molecule has 0 bridgehead atoms. The fourth-order valence-corrected chi connectivity index (χ4v) is 2.70. The third kappa shape index (κ3) is 5.88. The Morgan fingerprint density at radius 3 is 2.52 bits per heavy atom. The zero-order valence-corrected chi connectivity index (χ0v) is 13.3. The van der Waals surface area contributed by atoms with E-state index in [0.29, 0.717) is 18.1 Å². The molecule has 1 aliphatic carbocycles. The van der Waals surface area contributed by atoms with Crippen molar-refractivity contribution in [2.45, 2.75) is 51.6 Å². The molecule has 1 fully saturated rings. The lowest BCUT2D eigenvalue weighted by molar-refractivity contribution is -0.132. The molecule has 0 unspecified atom stereocenters. The van der Waals surface area contributed by atoms with Crippen LogP contribution in [0.2, 0.25) is 0 Å². The summed E-state index contributed by atoms with van der Waals surface area (Å²) in [5, 5.41) is 0. The smallest absolute Gasteiger partial charge is 0.279 e. The first kappa shape index (κ1) is 17.2. The normalized spacial score (nSPS) is 15.9. The molecule has 1 aromatic rings. The Labute approximate surface area is 135 Å². The van der Waals surface area contributed by atoms with E-state index in [0.717, 1.165) is 6.42 Å². The van der Waals surface area contributed by atoms with Crippen LogP contribution in [0.3, 0.4) is 0 Å². The van der Waals surface area contributed by atoms with Gasteiger partial charge in [0.15, 0.2) is 6.10 Å². The average molecular weight is 322 g/mol. The van der Waals surface area contributed by atoms with Gasteiger partial charge in [0.25, 0.3) is 5.91 Å². The van der Waals surface area contributed by atoms with Crippen molar-refractivity contribution in [2.75, 3.05) is 0 Å². The summed E-state index contributed by atoms with van der Waals surface area (Å²) in [5.74, 6) is 0.00514. The van der Waals surface area contributed by atoms with Gasteiger partial charge in [-0.3, -0.25) is 20.4 Å². The van der Waals surface area contributed by atoms with E-state index in [1.54, 1.807) is 6.92 Å². The van der Waals surface area contributed by atoms with Crippen LogP contribution in [0.4, 0.5) is 4.39 Å². The maximum Gasteiger partial charge on any atom is 0.279 e. The van der Waals surface area contributed by atoms with Crippen LogP contribution in [0.1, 0.15) is 45.4 Å². The molecule has 126 valence electrons. The van der Waals surface area contributed by atoms with Crippen LogP contribution in [0.5, 0.6) is 5.75 Å². The van der Waals surface area contributed by atoms with Gasteiger partial charge in [-0.1, -0.05) is 25.7 Å².